The first-order valence-electron chi connectivity index (χ1n) is 8.25. The van der Waals surface area contributed by atoms with Crippen molar-refractivity contribution in [2.45, 2.75) is 6.92 Å². The Morgan fingerprint density at radius 2 is 1.67 bits per heavy atom. The van der Waals surface area contributed by atoms with Gasteiger partial charge in [0.05, 0.1) is 17.6 Å². The summed E-state index contributed by atoms with van der Waals surface area (Å²) in [7, 11) is 0. The molecule has 7 nitrogen and oxygen atoms in total. The Bertz CT molecular complexity index is 1120. The van der Waals surface area contributed by atoms with Crippen LogP contribution in [-0.4, -0.2) is 26.1 Å². The summed E-state index contributed by atoms with van der Waals surface area (Å²) in [5, 5.41) is 8.22. The summed E-state index contributed by atoms with van der Waals surface area (Å²) in [6, 6.07) is 16.4. The Hall–Kier alpha value is -3.87. The fourth-order valence-corrected chi connectivity index (χ4v) is 2.61. The van der Waals surface area contributed by atoms with E-state index in [2.05, 4.69) is 20.2 Å². The number of primary amides is 1. The highest BCUT2D eigenvalue weighted by Crippen LogP contribution is 2.26. The molecule has 0 aliphatic heterocycles. The molecule has 7 heteroatoms. The smallest absolute Gasteiger partial charge is 0.268 e. The Balaban J connectivity index is 0.00000150. The van der Waals surface area contributed by atoms with E-state index in [1.54, 1.807) is 30.5 Å². The summed E-state index contributed by atoms with van der Waals surface area (Å²) in [5.41, 5.74) is 9.17. The highest BCUT2D eigenvalue weighted by atomic mass is 16.4. The molecule has 0 radical (unpaired) electrons. The molecule has 2 N–H and O–H groups in total. The number of carbonyl (C=O) groups excluding carboxylic acids is 1. The van der Waals surface area contributed by atoms with Crippen LogP contribution in [-0.2, 0) is 0 Å². The van der Waals surface area contributed by atoms with Crippen molar-refractivity contribution >= 4 is 5.91 Å². The van der Waals surface area contributed by atoms with Crippen molar-refractivity contribution in [2.75, 3.05) is 0 Å². The van der Waals surface area contributed by atoms with Crippen LogP contribution in [0.15, 0.2) is 65.2 Å². The summed E-state index contributed by atoms with van der Waals surface area (Å²) in [6.07, 6.45) is 1.66. The second kappa shape index (κ2) is 6.80. The number of amides is 1. The van der Waals surface area contributed by atoms with Crippen LogP contribution in [0.5, 0.6) is 0 Å². The lowest BCUT2D eigenvalue weighted by atomic mass is 10.1. The molecule has 2 aromatic heterocycles. The number of hydrogen-bond donors (Lipinski definition) is 1. The average Bonchev–Trinajstić information content (AvgIpc) is 3.19. The molecule has 4 aromatic rings. The first-order chi connectivity index (χ1) is 13.1. The van der Waals surface area contributed by atoms with Gasteiger partial charge in [0.2, 0.25) is 11.8 Å². The molecule has 1 amide bonds. The Labute approximate surface area is 159 Å². The minimum atomic E-state index is -0.475. The van der Waals surface area contributed by atoms with Gasteiger partial charge in [-0.1, -0.05) is 30.3 Å². The Morgan fingerprint density at radius 3 is 2.37 bits per heavy atom. The quantitative estimate of drug-likeness (QED) is 0.587. The minimum Gasteiger partial charge on any atom is -0.415 e. The molecule has 138 valence electrons. The summed E-state index contributed by atoms with van der Waals surface area (Å²) < 4.78 is 5.79. The van der Waals surface area contributed by atoms with E-state index in [4.69, 9.17) is 10.2 Å². The molecule has 0 fully saturated rings. The molecule has 0 saturated carbocycles. The second-order valence-corrected chi connectivity index (χ2v) is 5.91. The van der Waals surface area contributed by atoms with Gasteiger partial charge in [0.15, 0.2) is 0 Å². The molecule has 0 unspecified atom stereocenters. The van der Waals surface area contributed by atoms with Crippen molar-refractivity contribution in [3.8, 4) is 34.3 Å². The summed E-state index contributed by atoms with van der Waals surface area (Å²) in [6.45, 7) is 1.83. The van der Waals surface area contributed by atoms with Crippen LogP contribution in [0, 0.1) is 6.92 Å². The van der Waals surface area contributed by atoms with Gasteiger partial charge >= 0.3 is 0 Å². The van der Waals surface area contributed by atoms with Crippen LogP contribution in [0.1, 0.15) is 20.3 Å². The van der Waals surface area contributed by atoms with E-state index >= 15 is 0 Å². The third-order valence-electron chi connectivity index (χ3n) is 4.07. The van der Waals surface area contributed by atoms with Crippen LogP contribution >= 0.6 is 0 Å². The summed E-state index contributed by atoms with van der Waals surface area (Å²) in [5.74, 6) is 0.244. The lowest BCUT2D eigenvalue weighted by molar-refractivity contribution is 0.100. The highest BCUT2D eigenvalue weighted by molar-refractivity contribution is 5.93. The molecule has 0 aliphatic rings. The zero-order chi connectivity index (χ0) is 18.8. The highest BCUT2D eigenvalue weighted by Gasteiger charge is 2.16. The average molecular weight is 363 g/mol. The molecule has 0 atom stereocenters. The van der Waals surface area contributed by atoms with Gasteiger partial charge in [0.1, 0.15) is 5.69 Å². The predicted molar refractivity (Wildman–Crippen MR) is 106 cm³/mol. The molecule has 0 aliphatic carbocycles. The van der Waals surface area contributed by atoms with Crippen molar-refractivity contribution in [3.63, 3.8) is 0 Å². The minimum absolute atomic E-state index is 0. The topological polar surface area (TPSA) is 108 Å². The SMILES string of the molecule is Cc1ncc(-c2ccc(C(N)=O)cc2)nc1-c1nnc(-c2ccccc2)o1.[HH].[HH].[HH]. The number of nitrogens with two attached hydrogens (primary N) is 1. The van der Waals surface area contributed by atoms with Crippen molar-refractivity contribution in [1.82, 2.24) is 20.2 Å². The number of aromatic nitrogens is 4. The predicted octanol–water partition coefficient (Wildman–Crippen LogP) is 4.01. The van der Waals surface area contributed by atoms with Crippen LogP contribution in [0.2, 0.25) is 0 Å². The maximum absolute atomic E-state index is 11.2. The third kappa shape index (κ3) is 3.30. The summed E-state index contributed by atoms with van der Waals surface area (Å²) >= 11 is 0. The third-order valence-corrected chi connectivity index (χ3v) is 4.07. The van der Waals surface area contributed by atoms with Crippen molar-refractivity contribution in [2.24, 2.45) is 5.73 Å². The standard InChI is InChI=1S/C20H15N5O2.3H2/c1-12-17(20-25-24-19(27-20)15-5-3-2-4-6-15)23-16(11-22-12)13-7-9-14(10-8-13)18(21)26;;;/h2-11H,1H3,(H2,21,26);3*1H. The molecular formula is C20H21N5O2. The normalized spacial score (nSPS) is 10.7. The Kier molecular flexibility index (Phi) is 4.18. The lowest BCUT2D eigenvalue weighted by Crippen LogP contribution is -2.10. The van der Waals surface area contributed by atoms with E-state index in [1.807, 2.05) is 37.3 Å². The molecule has 4 rings (SSSR count). The number of nitrogens with zero attached hydrogens (tertiary/aromatic N) is 4. The maximum atomic E-state index is 11.2. The number of rotatable bonds is 4. The van der Waals surface area contributed by atoms with Gasteiger partial charge < -0.3 is 10.2 Å². The molecule has 27 heavy (non-hydrogen) atoms. The van der Waals surface area contributed by atoms with Crippen molar-refractivity contribution < 1.29 is 13.5 Å². The van der Waals surface area contributed by atoms with Gasteiger partial charge in [0.25, 0.3) is 5.89 Å². The van der Waals surface area contributed by atoms with Gasteiger partial charge in [-0.2, -0.15) is 0 Å². The van der Waals surface area contributed by atoms with Crippen molar-refractivity contribution in [3.05, 3.63) is 72.1 Å². The van der Waals surface area contributed by atoms with Crippen LogP contribution in [0.25, 0.3) is 34.3 Å². The van der Waals surface area contributed by atoms with Gasteiger partial charge in [-0.25, -0.2) is 4.98 Å². The number of benzene rings is 2. The fraction of sp³-hybridized carbons (Fsp3) is 0.0500. The molecule has 0 bridgehead atoms. The monoisotopic (exact) mass is 363 g/mol. The first kappa shape index (κ1) is 16.6. The molecular weight excluding hydrogens is 342 g/mol. The van der Waals surface area contributed by atoms with Crippen LogP contribution in [0.3, 0.4) is 0 Å². The van der Waals surface area contributed by atoms with E-state index in [1.165, 1.54) is 0 Å². The molecule has 0 spiro atoms. The lowest BCUT2D eigenvalue weighted by Gasteiger charge is -2.05. The Morgan fingerprint density at radius 1 is 0.963 bits per heavy atom. The maximum Gasteiger partial charge on any atom is 0.268 e. The van der Waals surface area contributed by atoms with E-state index in [9.17, 15) is 4.79 Å². The van der Waals surface area contributed by atoms with E-state index in [0.717, 1.165) is 11.1 Å². The number of hydrogen-bond acceptors (Lipinski definition) is 6. The van der Waals surface area contributed by atoms with Gasteiger partial charge in [-0.3, -0.25) is 9.78 Å². The van der Waals surface area contributed by atoms with E-state index in [0.29, 0.717) is 34.4 Å². The zero-order valence-electron chi connectivity index (χ0n) is 14.5. The molecule has 0 saturated heterocycles. The molecule has 2 heterocycles. The van der Waals surface area contributed by atoms with Crippen LogP contribution in [0.4, 0.5) is 0 Å². The summed E-state index contributed by atoms with van der Waals surface area (Å²) in [4.78, 5) is 20.2. The zero-order valence-corrected chi connectivity index (χ0v) is 14.5. The van der Waals surface area contributed by atoms with Gasteiger partial charge in [-0.05, 0) is 31.2 Å². The van der Waals surface area contributed by atoms with Gasteiger partial charge in [-0.15, -0.1) is 10.2 Å². The van der Waals surface area contributed by atoms with Crippen molar-refractivity contribution in [1.29, 1.82) is 0 Å². The van der Waals surface area contributed by atoms with E-state index in [-0.39, 0.29) is 4.28 Å². The second-order valence-electron chi connectivity index (χ2n) is 5.91. The fourth-order valence-electron chi connectivity index (χ4n) is 2.61. The first-order valence-corrected chi connectivity index (χ1v) is 8.25. The van der Waals surface area contributed by atoms with E-state index < -0.39 is 5.91 Å². The largest absolute Gasteiger partial charge is 0.415 e. The van der Waals surface area contributed by atoms with Crippen LogP contribution < -0.4 is 5.73 Å². The molecule has 2 aromatic carbocycles. The van der Waals surface area contributed by atoms with Gasteiger partial charge in [0, 0.05) is 21.0 Å². The number of aryl methyl sites for hydroxylation is 1. The number of carbonyl (C=O) groups is 1.